The quantitative estimate of drug-likeness (QED) is 0.724. The predicted molar refractivity (Wildman–Crippen MR) is 90.6 cm³/mol. The van der Waals surface area contributed by atoms with Gasteiger partial charge in [-0.1, -0.05) is 6.07 Å². The van der Waals surface area contributed by atoms with Crippen LogP contribution in [0.2, 0.25) is 0 Å². The summed E-state index contributed by atoms with van der Waals surface area (Å²) < 4.78 is 5.93. The largest absolute Gasteiger partial charge is 0.465 e. The Morgan fingerprint density at radius 3 is 3.00 bits per heavy atom. The summed E-state index contributed by atoms with van der Waals surface area (Å²) in [5, 5.41) is 5.31. The summed E-state index contributed by atoms with van der Waals surface area (Å²) >= 11 is 1.42. The van der Waals surface area contributed by atoms with Gasteiger partial charge in [-0.2, -0.15) is 0 Å². The first kappa shape index (κ1) is 14.7. The monoisotopic (exact) mass is 315 g/mol. The molecule has 0 saturated carbocycles. The zero-order valence-electron chi connectivity index (χ0n) is 12.4. The molecule has 0 spiro atoms. The normalized spacial score (nSPS) is 12.5. The Labute approximate surface area is 132 Å². The highest BCUT2D eigenvalue weighted by molar-refractivity contribution is 7.21. The van der Waals surface area contributed by atoms with Crippen molar-refractivity contribution in [3.05, 3.63) is 35.3 Å². The van der Waals surface area contributed by atoms with Crippen LogP contribution in [-0.2, 0) is 4.74 Å². The topological polar surface area (TPSA) is 77.2 Å². The second-order valence-corrected chi connectivity index (χ2v) is 6.22. The Morgan fingerprint density at radius 2 is 2.27 bits per heavy atom. The average molecular weight is 315 g/mol. The van der Waals surface area contributed by atoms with Crippen molar-refractivity contribution in [3.8, 4) is 0 Å². The van der Waals surface area contributed by atoms with Crippen LogP contribution in [0.4, 0.5) is 5.69 Å². The van der Waals surface area contributed by atoms with E-state index in [0.29, 0.717) is 11.4 Å². The Morgan fingerprint density at radius 1 is 1.45 bits per heavy atom. The molecule has 5 nitrogen and oxygen atoms in total. The van der Waals surface area contributed by atoms with Crippen LogP contribution in [0.25, 0.3) is 21.0 Å². The molecule has 3 aromatic rings. The number of nitrogens with two attached hydrogens (primary N) is 1. The van der Waals surface area contributed by atoms with Crippen LogP contribution in [0.3, 0.4) is 0 Å². The lowest BCUT2D eigenvalue weighted by Gasteiger charge is -2.11. The van der Waals surface area contributed by atoms with Crippen molar-refractivity contribution in [2.45, 2.75) is 13.0 Å². The maximum atomic E-state index is 12.1. The van der Waals surface area contributed by atoms with Crippen LogP contribution in [0.15, 0.2) is 30.5 Å². The first-order valence-corrected chi connectivity index (χ1v) is 7.81. The molecule has 3 N–H and O–H groups in total. The van der Waals surface area contributed by atoms with Gasteiger partial charge in [-0.25, -0.2) is 4.79 Å². The zero-order chi connectivity index (χ0) is 15.7. The van der Waals surface area contributed by atoms with Crippen LogP contribution in [0.1, 0.15) is 16.6 Å². The molecule has 1 atom stereocenters. The molecule has 6 heteroatoms. The highest BCUT2D eigenvalue weighted by atomic mass is 32.1. The van der Waals surface area contributed by atoms with Gasteiger partial charge in [-0.05, 0) is 25.1 Å². The second kappa shape index (κ2) is 5.90. The van der Waals surface area contributed by atoms with E-state index in [1.807, 2.05) is 31.2 Å². The van der Waals surface area contributed by atoms with Crippen LogP contribution in [0.5, 0.6) is 0 Å². The molecule has 3 rings (SSSR count). The van der Waals surface area contributed by atoms with E-state index in [1.165, 1.54) is 18.4 Å². The molecule has 2 heterocycles. The summed E-state index contributed by atoms with van der Waals surface area (Å²) in [5.74, 6) is -0.342. The molecule has 1 aromatic carbocycles. The van der Waals surface area contributed by atoms with Gasteiger partial charge in [0.15, 0.2) is 0 Å². The number of thiophene rings is 1. The number of aromatic nitrogens is 1. The Balaban J connectivity index is 2.28. The van der Waals surface area contributed by atoms with Gasteiger partial charge in [0.1, 0.15) is 4.88 Å². The van der Waals surface area contributed by atoms with Crippen molar-refractivity contribution < 1.29 is 9.53 Å². The number of fused-ring (bicyclic) bond motifs is 3. The van der Waals surface area contributed by atoms with Crippen molar-refractivity contribution in [2.24, 2.45) is 5.73 Å². The van der Waals surface area contributed by atoms with Crippen molar-refractivity contribution in [1.29, 1.82) is 0 Å². The number of pyridine rings is 1. The van der Waals surface area contributed by atoms with Gasteiger partial charge in [-0.15, -0.1) is 11.3 Å². The fraction of sp³-hybridized carbons (Fsp3) is 0.250. The lowest BCUT2D eigenvalue weighted by atomic mass is 10.1. The van der Waals surface area contributed by atoms with Crippen molar-refractivity contribution >= 4 is 44.0 Å². The van der Waals surface area contributed by atoms with Gasteiger partial charge in [0.05, 0.1) is 18.3 Å². The SMILES string of the molecule is COC(=O)c1sc2ccc3ncccc3c2c1NCC(C)N. The van der Waals surface area contributed by atoms with Crippen molar-refractivity contribution in [3.63, 3.8) is 0 Å². The number of nitrogens with zero attached hydrogens (tertiary/aromatic N) is 1. The van der Waals surface area contributed by atoms with E-state index in [4.69, 9.17) is 10.5 Å². The zero-order valence-corrected chi connectivity index (χ0v) is 13.2. The van der Waals surface area contributed by atoms with E-state index < -0.39 is 0 Å². The van der Waals surface area contributed by atoms with Gasteiger partial charge >= 0.3 is 5.97 Å². The van der Waals surface area contributed by atoms with E-state index in [0.717, 1.165) is 26.7 Å². The molecule has 0 radical (unpaired) electrons. The summed E-state index contributed by atoms with van der Waals surface area (Å²) in [6, 6.07) is 7.83. The van der Waals surface area contributed by atoms with Crippen LogP contribution >= 0.6 is 11.3 Å². The lowest BCUT2D eigenvalue weighted by molar-refractivity contribution is 0.0607. The lowest BCUT2D eigenvalue weighted by Crippen LogP contribution is -2.25. The third-order valence-corrected chi connectivity index (χ3v) is 4.54. The molecule has 1 unspecified atom stereocenters. The molecule has 0 fully saturated rings. The number of esters is 1. The number of nitrogens with one attached hydrogen (secondary N) is 1. The third-order valence-electron chi connectivity index (χ3n) is 3.41. The summed E-state index contributed by atoms with van der Waals surface area (Å²) in [6.07, 6.45) is 1.76. The molecule has 114 valence electrons. The molecule has 0 bridgehead atoms. The molecule has 0 saturated heterocycles. The van der Waals surface area contributed by atoms with Gasteiger partial charge < -0.3 is 15.8 Å². The molecular weight excluding hydrogens is 298 g/mol. The fourth-order valence-corrected chi connectivity index (χ4v) is 3.53. The number of rotatable bonds is 4. The van der Waals surface area contributed by atoms with Gasteiger partial charge in [0, 0.05) is 34.3 Å². The minimum absolute atomic E-state index is 0.0199. The Hall–Kier alpha value is -2.18. The number of anilines is 1. The maximum absolute atomic E-state index is 12.1. The Kier molecular flexibility index (Phi) is 3.96. The molecular formula is C16H17N3O2S. The van der Waals surface area contributed by atoms with E-state index >= 15 is 0 Å². The predicted octanol–water partition coefficient (Wildman–Crippen LogP) is 3.00. The number of hydrogen-bond donors (Lipinski definition) is 2. The summed E-state index contributed by atoms with van der Waals surface area (Å²) in [6.45, 7) is 2.49. The van der Waals surface area contributed by atoms with E-state index in [1.54, 1.807) is 6.20 Å². The number of hydrogen-bond acceptors (Lipinski definition) is 6. The minimum atomic E-state index is -0.342. The molecule has 22 heavy (non-hydrogen) atoms. The van der Waals surface area contributed by atoms with Gasteiger partial charge in [-0.3, -0.25) is 4.98 Å². The molecule has 0 aliphatic carbocycles. The number of carbonyl (C=O) groups is 1. The van der Waals surface area contributed by atoms with Crippen LogP contribution in [0, 0.1) is 0 Å². The Bertz CT molecular complexity index is 842. The molecule has 0 amide bonds. The van der Waals surface area contributed by atoms with Crippen molar-refractivity contribution in [2.75, 3.05) is 19.0 Å². The first-order chi connectivity index (χ1) is 10.6. The van der Waals surface area contributed by atoms with Crippen LogP contribution in [-0.4, -0.2) is 30.6 Å². The average Bonchev–Trinajstić information content (AvgIpc) is 2.91. The number of ether oxygens (including phenoxy) is 1. The summed E-state index contributed by atoms with van der Waals surface area (Å²) in [7, 11) is 1.39. The van der Waals surface area contributed by atoms with E-state index in [-0.39, 0.29) is 12.0 Å². The highest BCUT2D eigenvalue weighted by Gasteiger charge is 2.20. The number of methoxy groups -OCH3 is 1. The van der Waals surface area contributed by atoms with Crippen molar-refractivity contribution in [1.82, 2.24) is 4.98 Å². The molecule has 0 aliphatic rings. The van der Waals surface area contributed by atoms with E-state index in [2.05, 4.69) is 10.3 Å². The van der Waals surface area contributed by atoms with Gasteiger partial charge in [0.25, 0.3) is 0 Å². The number of benzene rings is 1. The second-order valence-electron chi connectivity index (χ2n) is 5.16. The van der Waals surface area contributed by atoms with E-state index in [9.17, 15) is 4.79 Å². The first-order valence-electron chi connectivity index (χ1n) is 7.00. The third kappa shape index (κ3) is 2.51. The highest BCUT2D eigenvalue weighted by Crippen LogP contribution is 2.40. The smallest absolute Gasteiger partial charge is 0.350 e. The fourth-order valence-electron chi connectivity index (χ4n) is 2.42. The van der Waals surface area contributed by atoms with Gasteiger partial charge in [0.2, 0.25) is 0 Å². The number of carbonyl (C=O) groups excluding carboxylic acids is 1. The standard InChI is InChI=1S/C16H17N3O2S/c1-9(17)8-19-14-13-10-4-3-7-18-11(10)5-6-12(13)22-15(14)16(20)21-2/h3-7,9,19H,8,17H2,1-2H3. The van der Waals surface area contributed by atoms with Crippen LogP contribution < -0.4 is 11.1 Å². The molecule has 2 aromatic heterocycles. The summed E-state index contributed by atoms with van der Waals surface area (Å²) in [4.78, 5) is 17.0. The maximum Gasteiger partial charge on any atom is 0.350 e. The summed E-state index contributed by atoms with van der Waals surface area (Å²) in [5.41, 5.74) is 7.51. The minimum Gasteiger partial charge on any atom is -0.465 e. The molecule has 0 aliphatic heterocycles.